The van der Waals surface area contributed by atoms with Gasteiger partial charge in [0.2, 0.25) is 5.91 Å². The molecule has 1 aromatic carbocycles. The van der Waals surface area contributed by atoms with Gasteiger partial charge < -0.3 is 15.2 Å². The predicted molar refractivity (Wildman–Crippen MR) is 87.0 cm³/mol. The molecule has 1 heterocycles. The molecule has 0 spiro atoms. The first-order chi connectivity index (χ1) is 10.8. The van der Waals surface area contributed by atoms with Gasteiger partial charge in [0.15, 0.2) is 0 Å². The number of hydrogen-bond donors (Lipinski definition) is 2. The number of hydrogen-bond acceptors (Lipinski definition) is 3. The molecule has 0 radical (unpaired) electrons. The summed E-state index contributed by atoms with van der Waals surface area (Å²) in [4.78, 5) is 12.6. The largest absolute Gasteiger partial charge is 0.396 e. The van der Waals surface area contributed by atoms with Gasteiger partial charge in [-0.2, -0.15) is 0 Å². The molecule has 1 saturated heterocycles. The standard InChI is InChI=1S/C17H23ClFNO3/c1-16(2,13-4-3-12(18)9-14(13)19)15(22)20-10-17(5-7-21)6-8-23-11-17/h3-4,9,21H,5-8,10-11H2,1-2H3,(H,20,22)/t17-/m0/s1. The van der Waals surface area contributed by atoms with Crippen molar-refractivity contribution >= 4 is 17.5 Å². The highest BCUT2D eigenvalue weighted by Gasteiger charge is 2.38. The van der Waals surface area contributed by atoms with E-state index in [-0.39, 0.29) is 17.9 Å². The van der Waals surface area contributed by atoms with Crippen molar-refractivity contribution in [3.05, 3.63) is 34.6 Å². The molecule has 4 nitrogen and oxygen atoms in total. The van der Waals surface area contributed by atoms with Gasteiger partial charge in [0.25, 0.3) is 0 Å². The van der Waals surface area contributed by atoms with E-state index in [0.717, 1.165) is 6.42 Å². The Kier molecular flexibility index (Phi) is 5.65. The number of carbonyl (C=O) groups is 1. The molecule has 0 saturated carbocycles. The Morgan fingerprint density at radius 2 is 2.26 bits per heavy atom. The molecule has 0 aromatic heterocycles. The van der Waals surface area contributed by atoms with Gasteiger partial charge in [0, 0.05) is 35.8 Å². The Labute approximate surface area is 141 Å². The second kappa shape index (κ2) is 7.16. The molecular weight excluding hydrogens is 321 g/mol. The van der Waals surface area contributed by atoms with Crippen LogP contribution in [-0.2, 0) is 14.9 Å². The van der Waals surface area contributed by atoms with Crippen molar-refractivity contribution in [2.24, 2.45) is 5.41 Å². The Morgan fingerprint density at radius 3 is 2.83 bits per heavy atom. The van der Waals surface area contributed by atoms with Crippen molar-refractivity contribution in [1.82, 2.24) is 5.32 Å². The lowest BCUT2D eigenvalue weighted by molar-refractivity contribution is -0.126. The van der Waals surface area contributed by atoms with Crippen LogP contribution in [0, 0.1) is 11.2 Å². The quantitative estimate of drug-likeness (QED) is 0.835. The summed E-state index contributed by atoms with van der Waals surface area (Å²) in [6.45, 7) is 4.96. The van der Waals surface area contributed by atoms with Crippen LogP contribution in [0.5, 0.6) is 0 Å². The molecule has 1 aliphatic heterocycles. The van der Waals surface area contributed by atoms with Crippen molar-refractivity contribution in [3.63, 3.8) is 0 Å². The molecule has 128 valence electrons. The molecule has 2 rings (SSSR count). The summed E-state index contributed by atoms with van der Waals surface area (Å²) in [5.41, 5.74) is -0.952. The van der Waals surface area contributed by atoms with Gasteiger partial charge in [0.05, 0.1) is 12.0 Å². The monoisotopic (exact) mass is 343 g/mol. The van der Waals surface area contributed by atoms with Crippen LogP contribution in [0.1, 0.15) is 32.3 Å². The minimum atomic E-state index is -1.02. The third-order valence-electron chi connectivity index (χ3n) is 4.62. The average molecular weight is 344 g/mol. The first-order valence-corrected chi connectivity index (χ1v) is 8.11. The van der Waals surface area contributed by atoms with E-state index in [1.54, 1.807) is 26.0 Å². The number of rotatable bonds is 6. The van der Waals surface area contributed by atoms with Crippen LogP contribution in [-0.4, -0.2) is 37.4 Å². The van der Waals surface area contributed by atoms with Crippen LogP contribution in [0.3, 0.4) is 0 Å². The third-order valence-corrected chi connectivity index (χ3v) is 4.86. The van der Waals surface area contributed by atoms with Gasteiger partial charge >= 0.3 is 0 Å². The maximum Gasteiger partial charge on any atom is 0.230 e. The van der Waals surface area contributed by atoms with Gasteiger partial charge in [0.1, 0.15) is 5.82 Å². The summed E-state index contributed by atoms with van der Waals surface area (Å²) < 4.78 is 19.5. The number of amides is 1. The Hall–Kier alpha value is -1.17. The SMILES string of the molecule is CC(C)(C(=O)NC[C@]1(CCO)CCOC1)c1ccc(Cl)cc1F. The molecule has 1 aromatic rings. The van der Waals surface area contributed by atoms with Gasteiger partial charge in [-0.3, -0.25) is 4.79 Å². The molecule has 1 amide bonds. The van der Waals surface area contributed by atoms with Crippen molar-refractivity contribution in [2.75, 3.05) is 26.4 Å². The molecule has 1 fully saturated rings. The van der Waals surface area contributed by atoms with Crippen LogP contribution < -0.4 is 5.32 Å². The highest BCUT2D eigenvalue weighted by Crippen LogP contribution is 2.32. The summed E-state index contributed by atoms with van der Waals surface area (Å²) in [5, 5.41) is 12.4. The van der Waals surface area contributed by atoms with E-state index in [4.69, 9.17) is 16.3 Å². The Morgan fingerprint density at radius 1 is 1.52 bits per heavy atom. The van der Waals surface area contributed by atoms with Gasteiger partial charge in [-0.15, -0.1) is 0 Å². The third kappa shape index (κ3) is 4.03. The number of benzene rings is 1. The number of aliphatic hydroxyl groups excluding tert-OH is 1. The molecule has 1 aliphatic rings. The fraction of sp³-hybridized carbons (Fsp3) is 0.588. The number of ether oxygens (including phenoxy) is 1. The van der Waals surface area contributed by atoms with Crippen LogP contribution in [0.15, 0.2) is 18.2 Å². The van der Waals surface area contributed by atoms with E-state index >= 15 is 0 Å². The van der Waals surface area contributed by atoms with Crippen LogP contribution >= 0.6 is 11.6 Å². The normalized spacial score (nSPS) is 21.4. The van der Waals surface area contributed by atoms with E-state index < -0.39 is 11.2 Å². The minimum absolute atomic E-state index is 0.0500. The maximum atomic E-state index is 14.1. The fourth-order valence-electron chi connectivity index (χ4n) is 2.92. The summed E-state index contributed by atoms with van der Waals surface area (Å²) in [5.74, 6) is -0.755. The molecule has 23 heavy (non-hydrogen) atoms. The topological polar surface area (TPSA) is 58.6 Å². The average Bonchev–Trinajstić information content (AvgIpc) is 2.93. The lowest BCUT2D eigenvalue weighted by atomic mass is 9.81. The molecule has 0 unspecified atom stereocenters. The van der Waals surface area contributed by atoms with E-state index in [9.17, 15) is 14.3 Å². The Bertz CT molecular complexity index is 571. The zero-order valence-corrected chi connectivity index (χ0v) is 14.3. The molecule has 2 N–H and O–H groups in total. The van der Waals surface area contributed by atoms with Crippen LogP contribution in [0.25, 0.3) is 0 Å². The van der Waals surface area contributed by atoms with Crippen molar-refractivity contribution in [1.29, 1.82) is 0 Å². The zero-order valence-electron chi connectivity index (χ0n) is 13.5. The minimum Gasteiger partial charge on any atom is -0.396 e. The second-order valence-corrected chi connectivity index (χ2v) is 7.14. The molecular formula is C17H23ClFNO3. The summed E-state index contributed by atoms with van der Waals surface area (Å²) >= 11 is 5.77. The lowest BCUT2D eigenvalue weighted by Crippen LogP contribution is -2.46. The van der Waals surface area contributed by atoms with Crippen molar-refractivity contribution in [3.8, 4) is 0 Å². The molecule has 6 heteroatoms. The van der Waals surface area contributed by atoms with Crippen LogP contribution in [0.4, 0.5) is 4.39 Å². The highest BCUT2D eigenvalue weighted by molar-refractivity contribution is 6.30. The first-order valence-electron chi connectivity index (χ1n) is 7.73. The number of halogens is 2. The number of carbonyl (C=O) groups excluding carboxylic acids is 1. The maximum absolute atomic E-state index is 14.1. The highest BCUT2D eigenvalue weighted by atomic mass is 35.5. The number of nitrogens with one attached hydrogen (secondary N) is 1. The van der Waals surface area contributed by atoms with Crippen LogP contribution in [0.2, 0.25) is 5.02 Å². The van der Waals surface area contributed by atoms with E-state index in [0.29, 0.717) is 36.8 Å². The van der Waals surface area contributed by atoms with E-state index in [2.05, 4.69) is 5.32 Å². The van der Waals surface area contributed by atoms with Crippen molar-refractivity contribution in [2.45, 2.75) is 32.1 Å². The molecule has 1 atom stereocenters. The summed E-state index contributed by atoms with van der Waals surface area (Å²) in [7, 11) is 0. The zero-order chi connectivity index (χ0) is 17.1. The first kappa shape index (κ1) is 18.2. The second-order valence-electron chi connectivity index (χ2n) is 6.71. The summed E-state index contributed by atoms with van der Waals surface area (Å²) in [6, 6.07) is 4.33. The van der Waals surface area contributed by atoms with E-state index in [1.807, 2.05) is 0 Å². The number of aliphatic hydroxyl groups is 1. The van der Waals surface area contributed by atoms with Gasteiger partial charge in [-0.25, -0.2) is 4.39 Å². The van der Waals surface area contributed by atoms with Gasteiger partial charge in [-0.1, -0.05) is 17.7 Å². The van der Waals surface area contributed by atoms with Gasteiger partial charge in [-0.05, 0) is 38.8 Å². The molecule has 0 aliphatic carbocycles. The molecule has 0 bridgehead atoms. The Balaban J connectivity index is 2.09. The lowest BCUT2D eigenvalue weighted by Gasteiger charge is -2.30. The van der Waals surface area contributed by atoms with Crippen molar-refractivity contribution < 1.29 is 19.0 Å². The predicted octanol–water partition coefficient (Wildman–Crippen LogP) is 2.66. The fourth-order valence-corrected chi connectivity index (χ4v) is 3.08. The smallest absolute Gasteiger partial charge is 0.230 e. The summed E-state index contributed by atoms with van der Waals surface area (Å²) in [6.07, 6.45) is 1.37. The van der Waals surface area contributed by atoms with E-state index in [1.165, 1.54) is 6.07 Å².